The van der Waals surface area contributed by atoms with E-state index in [9.17, 15) is 0 Å². The molecule has 0 radical (unpaired) electrons. The quantitative estimate of drug-likeness (QED) is 0.780. The maximum atomic E-state index is 3.73. The highest BCUT2D eigenvalue weighted by Gasteiger charge is 2.25. The van der Waals surface area contributed by atoms with Crippen molar-refractivity contribution in [3.05, 3.63) is 0 Å². The Bertz CT molecular complexity index is 193. The van der Waals surface area contributed by atoms with Crippen molar-refractivity contribution in [2.45, 2.75) is 82.8 Å². The fraction of sp³-hybridized carbons (Fsp3) is 1.00. The third-order valence-corrected chi connectivity index (χ3v) is 5.88. The summed E-state index contributed by atoms with van der Waals surface area (Å²) in [5, 5.41) is 5.36. The number of hydrogen-bond acceptors (Lipinski definition) is 2. The average molecular weight is 257 g/mol. The van der Waals surface area contributed by atoms with Gasteiger partial charge in [-0.05, 0) is 25.3 Å². The Balaban J connectivity index is 2.53. The molecule has 17 heavy (non-hydrogen) atoms. The van der Waals surface area contributed by atoms with E-state index in [4.69, 9.17) is 0 Å². The normalized spacial score (nSPS) is 28.8. The van der Waals surface area contributed by atoms with E-state index in [2.05, 4.69) is 44.8 Å². The first-order valence-electron chi connectivity index (χ1n) is 7.54. The van der Waals surface area contributed by atoms with Crippen molar-refractivity contribution >= 4 is 11.8 Å². The Labute approximate surface area is 113 Å². The summed E-state index contributed by atoms with van der Waals surface area (Å²) in [5.74, 6) is 0.799. The third kappa shape index (κ3) is 5.65. The van der Waals surface area contributed by atoms with Crippen molar-refractivity contribution in [3.63, 3.8) is 0 Å². The van der Waals surface area contributed by atoms with Crippen LogP contribution in [0.1, 0.15) is 66.2 Å². The molecule has 0 aromatic rings. The molecule has 1 rings (SSSR count). The van der Waals surface area contributed by atoms with Crippen LogP contribution in [0.25, 0.3) is 0 Å². The summed E-state index contributed by atoms with van der Waals surface area (Å²) >= 11 is 2.24. The first-order chi connectivity index (χ1) is 8.15. The Morgan fingerprint density at radius 1 is 1.06 bits per heavy atom. The summed E-state index contributed by atoms with van der Waals surface area (Å²) < 4.78 is 0. The van der Waals surface area contributed by atoms with Gasteiger partial charge in [-0.3, -0.25) is 0 Å². The van der Waals surface area contributed by atoms with E-state index in [1.54, 1.807) is 0 Å². The summed E-state index contributed by atoms with van der Waals surface area (Å²) in [4.78, 5) is 0. The molecule has 0 heterocycles. The van der Waals surface area contributed by atoms with Crippen molar-refractivity contribution < 1.29 is 0 Å². The minimum Gasteiger partial charge on any atom is -0.313 e. The van der Waals surface area contributed by atoms with Crippen LogP contribution >= 0.6 is 11.8 Å². The molecule has 1 aliphatic carbocycles. The molecule has 1 saturated carbocycles. The van der Waals surface area contributed by atoms with Gasteiger partial charge in [0.1, 0.15) is 0 Å². The minimum absolute atomic E-state index is 0.756. The first kappa shape index (κ1) is 15.4. The second kappa shape index (κ2) is 8.42. The van der Waals surface area contributed by atoms with Crippen LogP contribution in [0.4, 0.5) is 0 Å². The molecular weight excluding hydrogens is 226 g/mol. The predicted molar refractivity (Wildman–Crippen MR) is 80.8 cm³/mol. The van der Waals surface area contributed by atoms with Crippen molar-refractivity contribution in [3.8, 4) is 0 Å². The highest BCUT2D eigenvalue weighted by atomic mass is 32.2. The summed E-state index contributed by atoms with van der Waals surface area (Å²) in [6, 6.07) is 0.756. The van der Waals surface area contributed by atoms with Gasteiger partial charge in [0.25, 0.3) is 0 Å². The molecule has 0 aromatic carbocycles. The molecule has 2 heteroatoms. The van der Waals surface area contributed by atoms with Crippen LogP contribution in [0, 0.1) is 5.92 Å². The van der Waals surface area contributed by atoms with Crippen LogP contribution in [0.15, 0.2) is 0 Å². The van der Waals surface area contributed by atoms with Gasteiger partial charge in [0.15, 0.2) is 0 Å². The lowest BCUT2D eigenvalue weighted by molar-refractivity contribution is 0.404. The summed E-state index contributed by atoms with van der Waals surface area (Å²) in [6.07, 6.45) is 8.55. The number of hydrogen-bond donors (Lipinski definition) is 1. The topological polar surface area (TPSA) is 12.0 Å². The van der Waals surface area contributed by atoms with Crippen LogP contribution in [-0.4, -0.2) is 23.1 Å². The Morgan fingerprint density at radius 3 is 2.29 bits per heavy atom. The van der Waals surface area contributed by atoms with E-state index >= 15 is 0 Å². The van der Waals surface area contributed by atoms with Gasteiger partial charge in [0.2, 0.25) is 0 Å². The molecule has 0 saturated heterocycles. The molecule has 0 aliphatic heterocycles. The molecule has 1 aliphatic rings. The highest BCUT2D eigenvalue weighted by molar-refractivity contribution is 8.00. The maximum absolute atomic E-state index is 3.73. The molecule has 102 valence electrons. The molecule has 3 atom stereocenters. The third-order valence-electron chi connectivity index (χ3n) is 4.00. The predicted octanol–water partition coefficient (Wildman–Crippen LogP) is 4.47. The number of thioether (sulfide) groups is 1. The zero-order valence-electron chi connectivity index (χ0n) is 12.2. The Hall–Kier alpha value is 0.310. The van der Waals surface area contributed by atoms with Crippen LogP contribution in [-0.2, 0) is 0 Å². The second-order valence-electron chi connectivity index (χ2n) is 5.78. The fourth-order valence-corrected chi connectivity index (χ4v) is 4.13. The van der Waals surface area contributed by atoms with Crippen LogP contribution in [0.5, 0.6) is 0 Å². The standard InChI is InChI=1S/C15H31NS/c1-5-16-14-10-8-6-7-9-11-15(14)17-13(4)12(2)3/h12-16H,5-11H2,1-4H3. The molecule has 0 bridgehead atoms. The monoisotopic (exact) mass is 257 g/mol. The molecule has 0 aromatic heterocycles. The molecule has 0 spiro atoms. The summed E-state index contributed by atoms with van der Waals surface area (Å²) in [7, 11) is 0. The van der Waals surface area contributed by atoms with Crippen LogP contribution < -0.4 is 5.32 Å². The van der Waals surface area contributed by atoms with Crippen molar-refractivity contribution in [1.82, 2.24) is 5.32 Å². The van der Waals surface area contributed by atoms with Gasteiger partial charge in [0, 0.05) is 16.5 Å². The van der Waals surface area contributed by atoms with E-state index in [1.807, 2.05) is 0 Å². The Morgan fingerprint density at radius 2 is 1.71 bits per heavy atom. The van der Waals surface area contributed by atoms with E-state index < -0.39 is 0 Å². The van der Waals surface area contributed by atoms with Gasteiger partial charge in [-0.1, -0.05) is 53.4 Å². The summed E-state index contributed by atoms with van der Waals surface area (Å²) in [5.41, 5.74) is 0. The highest BCUT2D eigenvalue weighted by Crippen LogP contribution is 2.32. The maximum Gasteiger partial charge on any atom is 0.0203 e. The van der Waals surface area contributed by atoms with Crippen molar-refractivity contribution in [2.24, 2.45) is 5.92 Å². The molecule has 1 N–H and O–H groups in total. The van der Waals surface area contributed by atoms with Gasteiger partial charge in [-0.15, -0.1) is 0 Å². The van der Waals surface area contributed by atoms with Gasteiger partial charge in [-0.25, -0.2) is 0 Å². The second-order valence-corrected chi connectivity index (χ2v) is 7.40. The number of rotatable bonds is 5. The molecule has 1 nitrogen and oxygen atoms in total. The zero-order valence-corrected chi connectivity index (χ0v) is 13.0. The van der Waals surface area contributed by atoms with E-state index in [0.29, 0.717) is 0 Å². The minimum atomic E-state index is 0.756. The number of nitrogens with one attached hydrogen (secondary N) is 1. The van der Waals surface area contributed by atoms with Gasteiger partial charge >= 0.3 is 0 Å². The average Bonchev–Trinajstić information content (AvgIpc) is 2.26. The van der Waals surface area contributed by atoms with Crippen LogP contribution in [0.3, 0.4) is 0 Å². The lowest BCUT2D eigenvalue weighted by Gasteiger charge is -2.32. The SMILES string of the molecule is CCNC1CCCCCCC1SC(C)C(C)C. The van der Waals surface area contributed by atoms with E-state index in [1.165, 1.54) is 38.5 Å². The van der Waals surface area contributed by atoms with Gasteiger partial charge in [-0.2, -0.15) is 11.8 Å². The smallest absolute Gasteiger partial charge is 0.0203 e. The van der Waals surface area contributed by atoms with Gasteiger partial charge < -0.3 is 5.32 Å². The lowest BCUT2D eigenvalue weighted by Crippen LogP contribution is -2.39. The molecule has 0 amide bonds. The molecule has 1 fully saturated rings. The summed E-state index contributed by atoms with van der Waals surface area (Å²) in [6.45, 7) is 10.5. The van der Waals surface area contributed by atoms with Crippen LogP contribution in [0.2, 0.25) is 0 Å². The van der Waals surface area contributed by atoms with E-state index in [0.717, 1.165) is 29.0 Å². The van der Waals surface area contributed by atoms with E-state index in [-0.39, 0.29) is 0 Å². The first-order valence-corrected chi connectivity index (χ1v) is 8.48. The fourth-order valence-electron chi connectivity index (χ4n) is 2.54. The largest absolute Gasteiger partial charge is 0.313 e. The van der Waals surface area contributed by atoms with Gasteiger partial charge in [0.05, 0.1) is 0 Å². The lowest BCUT2D eigenvalue weighted by atomic mass is 9.96. The Kier molecular flexibility index (Phi) is 7.61. The molecule has 3 unspecified atom stereocenters. The molecular formula is C15H31NS. The van der Waals surface area contributed by atoms with Crippen molar-refractivity contribution in [1.29, 1.82) is 0 Å². The zero-order chi connectivity index (χ0) is 12.7. The van der Waals surface area contributed by atoms with Crippen molar-refractivity contribution in [2.75, 3.05) is 6.54 Å².